The molecule has 0 unspecified atom stereocenters. The molecule has 1 aliphatic heterocycles. The van der Waals surface area contributed by atoms with E-state index in [4.69, 9.17) is 9.47 Å². The molecule has 0 aromatic heterocycles. The van der Waals surface area contributed by atoms with Gasteiger partial charge in [0.1, 0.15) is 5.82 Å². The van der Waals surface area contributed by atoms with Crippen LogP contribution in [-0.2, 0) is 17.9 Å². The molecule has 32 heavy (non-hydrogen) atoms. The zero-order valence-electron chi connectivity index (χ0n) is 17.2. The molecule has 0 atom stereocenters. The van der Waals surface area contributed by atoms with Gasteiger partial charge in [-0.3, -0.25) is 9.59 Å². The van der Waals surface area contributed by atoms with Crippen molar-refractivity contribution in [3.05, 3.63) is 89.2 Å². The van der Waals surface area contributed by atoms with Crippen LogP contribution in [0.4, 0.5) is 10.1 Å². The second kappa shape index (κ2) is 9.82. The van der Waals surface area contributed by atoms with Gasteiger partial charge in [0.05, 0.1) is 12.1 Å². The van der Waals surface area contributed by atoms with E-state index in [1.54, 1.807) is 48.5 Å². The molecule has 0 saturated heterocycles. The minimum Gasteiger partial charge on any atom is -0.454 e. The Hall–Kier alpha value is -4.07. The quantitative estimate of drug-likeness (QED) is 0.506. The fraction of sp³-hybridized carbons (Fsp3) is 0.167. The Morgan fingerprint density at radius 3 is 2.53 bits per heavy atom. The maximum atomic E-state index is 13.7. The Kier molecular flexibility index (Phi) is 6.50. The summed E-state index contributed by atoms with van der Waals surface area (Å²) < 4.78 is 24.3. The van der Waals surface area contributed by atoms with Crippen LogP contribution in [0.25, 0.3) is 0 Å². The van der Waals surface area contributed by atoms with Crippen LogP contribution >= 0.6 is 0 Å². The summed E-state index contributed by atoms with van der Waals surface area (Å²) in [6, 6.07) is 18.7. The first-order chi connectivity index (χ1) is 15.6. The van der Waals surface area contributed by atoms with E-state index in [1.807, 2.05) is 12.1 Å². The molecule has 3 aromatic rings. The van der Waals surface area contributed by atoms with Gasteiger partial charge >= 0.3 is 0 Å². The molecule has 2 amide bonds. The van der Waals surface area contributed by atoms with E-state index in [0.29, 0.717) is 34.9 Å². The topological polar surface area (TPSA) is 88.7 Å². The molecule has 3 aromatic carbocycles. The number of fused-ring (bicyclic) bond motifs is 1. The molecule has 1 aliphatic rings. The fourth-order valence-corrected chi connectivity index (χ4v) is 3.24. The molecular formula is C24H22FN3O4. The van der Waals surface area contributed by atoms with Gasteiger partial charge in [-0.05, 0) is 35.9 Å². The Balaban J connectivity index is 1.31. The second-order valence-electron chi connectivity index (χ2n) is 7.14. The molecule has 0 saturated carbocycles. The van der Waals surface area contributed by atoms with Crippen LogP contribution in [0.3, 0.4) is 0 Å². The predicted molar refractivity (Wildman–Crippen MR) is 117 cm³/mol. The molecule has 7 nitrogen and oxygen atoms in total. The Morgan fingerprint density at radius 2 is 1.66 bits per heavy atom. The highest BCUT2D eigenvalue weighted by atomic mass is 19.1. The zero-order valence-corrected chi connectivity index (χ0v) is 17.2. The molecule has 0 aliphatic carbocycles. The minimum atomic E-state index is -0.370. The standard InChI is InChI=1S/C24H22FN3O4/c25-19-7-3-1-5-17(19)13-27-23(29)14-26-20-8-4-2-6-18(20)24(30)28-12-16-9-10-21-22(11-16)32-15-31-21/h1-11,26H,12-15H2,(H,27,29)(H,28,30). The number of carbonyl (C=O) groups excluding carboxylic acids is 2. The summed E-state index contributed by atoms with van der Waals surface area (Å²) in [4.78, 5) is 24.9. The summed E-state index contributed by atoms with van der Waals surface area (Å²) in [5, 5.41) is 8.51. The minimum absolute atomic E-state index is 0.0547. The van der Waals surface area contributed by atoms with E-state index in [0.717, 1.165) is 5.56 Å². The fourth-order valence-electron chi connectivity index (χ4n) is 3.24. The van der Waals surface area contributed by atoms with Gasteiger partial charge in [-0.1, -0.05) is 36.4 Å². The Morgan fingerprint density at radius 1 is 0.875 bits per heavy atom. The summed E-state index contributed by atoms with van der Waals surface area (Å²) in [5.41, 5.74) is 2.22. The molecular weight excluding hydrogens is 413 g/mol. The van der Waals surface area contributed by atoms with Crippen LogP contribution in [-0.4, -0.2) is 25.2 Å². The van der Waals surface area contributed by atoms with Gasteiger partial charge in [0.2, 0.25) is 12.7 Å². The van der Waals surface area contributed by atoms with Crippen LogP contribution in [0.1, 0.15) is 21.5 Å². The number of benzene rings is 3. The molecule has 164 valence electrons. The number of nitrogens with one attached hydrogen (secondary N) is 3. The van der Waals surface area contributed by atoms with Crippen molar-refractivity contribution in [2.75, 3.05) is 18.7 Å². The molecule has 3 N–H and O–H groups in total. The lowest BCUT2D eigenvalue weighted by molar-refractivity contribution is -0.119. The number of halogens is 1. The van der Waals surface area contributed by atoms with E-state index in [-0.39, 0.29) is 37.5 Å². The van der Waals surface area contributed by atoms with Gasteiger partial charge in [0.25, 0.3) is 5.91 Å². The van der Waals surface area contributed by atoms with Crippen LogP contribution in [0.2, 0.25) is 0 Å². The smallest absolute Gasteiger partial charge is 0.253 e. The molecule has 1 heterocycles. The SMILES string of the molecule is O=C(CNc1ccccc1C(=O)NCc1ccc2c(c1)OCO2)NCc1ccccc1F. The van der Waals surface area contributed by atoms with E-state index in [9.17, 15) is 14.0 Å². The zero-order chi connectivity index (χ0) is 22.3. The van der Waals surface area contributed by atoms with Crippen molar-refractivity contribution < 1.29 is 23.5 Å². The highest BCUT2D eigenvalue weighted by molar-refractivity contribution is 6.00. The van der Waals surface area contributed by atoms with Crippen LogP contribution in [0.5, 0.6) is 11.5 Å². The summed E-state index contributed by atoms with van der Waals surface area (Å²) in [6.07, 6.45) is 0. The Labute approximate surface area is 184 Å². The summed E-state index contributed by atoms with van der Waals surface area (Å²) in [5.74, 6) is 0.370. The largest absolute Gasteiger partial charge is 0.454 e. The number of ether oxygens (including phenoxy) is 2. The summed E-state index contributed by atoms with van der Waals surface area (Å²) >= 11 is 0. The van der Waals surface area contributed by atoms with Gasteiger partial charge in [-0.25, -0.2) is 4.39 Å². The molecule has 0 radical (unpaired) electrons. The summed E-state index contributed by atoms with van der Waals surface area (Å²) in [7, 11) is 0. The second-order valence-corrected chi connectivity index (χ2v) is 7.14. The third kappa shape index (κ3) is 5.15. The summed E-state index contributed by atoms with van der Waals surface area (Å²) in [6.45, 7) is 0.538. The maximum absolute atomic E-state index is 13.7. The van der Waals surface area contributed by atoms with Gasteiger partial charge < -0.3 is 25.4 Å². The first-order valence-electron chi connectivity index (χ1n) is 10.1. The van der Waals surface area contributed by atoms with Gasteiger partial charge in [-0.15, -0.1) is 0 Å². The van der Waals surface area contributed by atoms with E-state index < -0.39 is 0 Å². The van der Waals surface area contributed by atoms with E-state index in [1.165, 1.54) is 6.07 Å². The van der Waals surface area contributed by atoms with Crippen molar-refractivity contribution in [3.63, 3.8) is 0 Å². The number of anilines is 1. The first-order valence-corrected chi connectivity index (χ1v) is 10.1. The molecule has 0 bridgehead atoms. The number of para-hydroxylation sites is 1. The van der Waals surface area contributed by atoms with Crippen molar-refractivity contribution in [1.29, 1.82) is 0 Å². The van der Waals surface area contributed by atoms with Crippen molar-refractivity contribution in [3.8, 4) is 11.5 Å². The molecule has 8 heteroatoms. The number of hydrogen-bond acceptors (Lipinski definition) is 5. The monoisotopic (exact) mass is 435 g/mol. The number of rotatable bonds is 8. The van der Waals surface area contributed by atoms with Crippen LogP contribution in [0, 0.1) is 5.82 Å². The molecule has 0 spiro atoms. The van der Waals surface area contributed by atoms with Crippen molar-refractivity contribution in [2.24, 2.45) is 0 Å². The predicted octanol–water partition coefficient (Wildman–Crippen LogP) is 3.21. The van der Waals surface area contributed by atoms with Gasteiger partial charge in [-0.2, -0.15) is 0 Å². The van der Waals surface area contributed by atoms with Crippen molar-refractivity contribution in [2.45, 2.75) is 13.1 Å². The lowest BCUT2D eigenvalue weighted by Gasteiger charge is -2.13. The highest BCUT2D eigenvalue weighted by Crippen LogP contribution is 2.32. The number of hydrogen-bond donors (Lipinski definition) is 3. The maximum Gasteiger partial charge on any atom is 0.253 e. The average molecular weight is 435 g/mol. The third-order valence-corrected chi connectivity index (χ3v) is 4.93. The van der Waals surface area contributed by atoms with E-state index >= 15 is 0 Å². The van der Waals surface area contributed by atoms with E-state index in [2.05, 4.69) is 16.0 Å². The normalized spacial score (nSPS) is 11.7. The van der Waals surface area contributed by atoms with Crippen LogP contribution in [0.15, 0.2) is 66.7 Å². The Bertz CT molecular complexity index is 1140. The number of amides is 2. The van der Waals surface area contributed by atoms with Gasteiger partial charge in [0.15, 0.2) is 11.5 Å². The average Bonchev–Trinajstić information content (AvgIpc) is 3.29. The van der Waals surface area contributed by atoms with Crippen molar-refractivity contribution >= 4 is 17.5 Å². The lowest BCUT2D eigenvalue weighted by Crippen LogP contribution is -2.30. The molecule has 0 fully saturated rings. The lowest BCUT2D eigenvalue weighted by atomic mass is 10.1. The molecule has 4 rings (SSSR count). The number of carbonyl (C=O) groups is 2. The van der Waals surface area contributed by atoms with Crippen molar-refractivity contribution in [1.82, 2.24) is 10.6 Å². The van der Waals surface area contributed by atoms with Crippen LogP contribution < -0.4 is 25.4 Å². The highest BCUT2D eigenvalue weighted by Gasteiger charge is 2.15. The first kappa shape index (κ1) is 21.2. The third-order valence-electron chi connectivity index (χ3n) is 4.93. The van der Waals surface area contributed by atoms with Gasteiger partial charge in [0, 0.05) is 24.3 Å².